The Kier molecular flexibility index (Phi) is 41.5. The van der Waals surface area contributed by atoms with Crippen LogP contribution in [0.25, 0.3) is 0 Å². The normalized spacial score (nSPS) is 12.5. The van der Waals surface area contributed by atoms with Crippen LogP contribution in [0.4, 0.5) is 0 Å². The second kappa shape index (κ2) is 42.6. The summed E-state index contributed by atoms with van der Waals surface area (Å²) >= 11 is 0. The van der Waals surface area contributed by atoms with Crippen molar-refractivity contribution in [3.05, 3.63) is 0 Å². The van der Waals surface area contributed by atoms with Crippen molar-refractivity contribution < 1.29 is 29.4 Å². The molecule has 0 aliphatic rings. The zero-order chi connectivity index (χ0) is 42.0. The summed E-state index contributed by atoms with van der Waals surface area (Å²) in [6, 6.07) is -2.08. The molecule has 2 unspecified atom stereocenters. The van der Waals surface area contributed by atoms with Gasteiger partial charge in [-0.15, -0.1) is 0 Å². The number of hydrogen-bond acceptors (Lipinski definition) is 8. The maximum atomic E-state index is 12.4. The molecule has 0 rings (SSSR count). The van der Waals surface area contributed by atoms with Crippen LogP contribution in [-0.4, -0.2) is 96.7 Å². The van der Waals surface area contributed by atoms with Crippen LogP contribution in [0.3, 0.4) is 0 Å². The summed E-state index contributed by atoms with van der Waals surface area (Å²) in [4.78, 5) is 50.6. The Balaban J connectivity index is 3.82. The van der Waals surface area contributed by atoms with Crippen LogP contribution in [0.15, 0.2) is 0 Å². The molecule has 0 aliphatic heterocycles. The second-order valence-electron chi connectivity index (χ2n) is 16.5. The molecule has 0 heterocycles. The maximum Gasteiger partial charge on any atom is 0.327 e. The van der Waals surface area contributed by atoms with Gasteiger partial charge in [0, 0.05) is 24.3 Å². The van der Waals surface area contributed by atoms with Gasteiger partial charge in [0.1, 0.15) is 12.1 Å². The van der Waals surface area contributed by atoms with E-state index < -0.39 is 24.0 Å². The van der Waals surface area contributed by atoms with Crippen LogP contribution < -0.4 is 16.0 Å². The molecule has 0 saturated carbocycles. The van der Waals surface area contributed by atoms with Gasteiger partial charge >= 0.3 is 11.9 Å². The third-order valence-electron chi connectivity index (χ3n) is 10.7. The highest BCUT2D eigenvalue weighted by Crippen LogP contribution is 2.24. The van der Waals surface area contributed by atoms with Crippen LogP contribution in [0, 0.1) is 0 Å². The van der Waals surface area contributed by atoms with Gasteiger partial charge in [-0.25, -0.2) is 9.59 Å². The van der Waals surface area contributed by atoms with Gasteiger partial charge in [0.2, 0.25) is 11.8 Å². The Labute approximate surface area is 357 Å². The van der Waals surface area contributed by atoms with Gasteiger partial charge in [0.25, 0.3) is 0 Å². The lowest BCUT2D eigenvalue weighted by Gasteiger charge is -2.16. The summed E-state index contributed by atoms with van der Waals surface area (Å²) in [7, 11) is 8.69. The molecule has 0 saturated heterocycles. The fourth-order valence-corrected chi connectivity index (χ4v) is 9.32. The molecule has 0 fully saturated rings. The van der Waals surface area contributed by atoms with E-state index in [0.717, 1.165) is 45.1 Å². The molecule has 0 spiro atoms. The van der Waals surface area contributed by atoms with Gasteiger partial charge in [-0.05, 0) is 59.9 Å². The number of nitrogens with zero attached hydrogens (tertiary/aromatic N) is 1. The fourth-order valence-electron chi connectivity index (χ4n) is 7.01. The molecule has 0 aliphatic carbocycles. The molecule has 0 aromatic rings. The van der Waals surface area contributed by atoms with Crippen molar-refractivity contribution >= 4 is 45.3 Å². The molecule has 336 valence electrons. The van der Waals surface area contributed by atoms with Crippen molar-refractivity contribution in [2.75, 3.05) is 45.7 Å². The third kappa shape index (κ3) is 41.0. The van der Waals surface area contributed by atoms with Crippen LogP contribution in [-0.2, 0) is 19.2 Å². The number of hydrogen-bond donors (Lipinski definition) is 5. The summed E-state index contributed by atoms with van der Waals surface area (Å²) in [5.74, 6) is -2.52. The first-order valence-corrected chi connectivity index (χ1v) is 25.7. The highest BCUT2D eigenvalue weighted by atomic mass is 33.1. The van der Waals surface area contributed by atoms with Crippen LogP contribution >= 0.6 is 21.6 Å². The zero-order valence-electron chi connectivity index (χ0n) is 36.9. The van der Waals surface area contributed by atoms with E-state index in [9.17, 15) is 29.4 Å². The highest BCUT2D eigenvalue weighted by molar-refractivity contribution is 8.76. The van der Waals surface area contributed by atoms with E-state index >= 15 is 0 Å². The number of carboxylic acid groups (broad SMARTS) is 2. The Bertz CT molecular complexity index is 961. The average molecular weight is 845 g/mol. The van der Waals surface area contributed by atoms with Crippen molar-refractivity contribution in [1.82, 2.24) is 20.9 Å². The van der Waals surface area contributed by atoms with Gasteiger partial charge in [-0.2, -0.15) is 0 Å². The first-order chi connectivity index (χ1) is 27.7. The molecule has 0 radical (unpaired) electrons. The molecule has 57 heavy (non-hydrogen) atoms. The number of carbonyl (C=O) groups excluding carboxylic acids is 2. The highest BCUT2D eigenvalue weighted by Gasteiger charge is 2.23. The molecule has 2 atom stereocenters. The molecule has 0 aromatic heterocycles. The smallest absolute Gasteiger partial charge is 0.327 e. The molecule has 0 aromatic carbocycles. The molecule has 10 nitrogen and oxygen atoms in total. The topological polar surface area (TPSA) is 148 Å². The second-order valence-corrected chi connectivity index (χ2v) is 19.1. The van der Waals surface area contributed by atoms with Crippen molar-refractivity contribution in [1.29, 1.82) is 0 Å². The van der Waals surface area contributed by atoms with E-state index in [1.54, 1.807) is 0 Å². The zero-order valence-corrected chi connectivity index (χ0v) is 38.5. The minimum Gasteiger partial charge on any atom is -0.480 e. The van der Waals surface area contributed by atoms with Crippen LogP contribution in [0.2, 0.25) is 0 Å². The monoisotopic (exact) mass is 845 g/mol. The van der Waals surface area contributed by atoms with E-state index in [0.29, 0.717) is 12.8 Å². The molecule has 12 heteroatoms. The minimum absolute atomic E-state index is 0.112. The summed E-state index contributed by atoms with van der Waals surface area (Å²) < 4.78 is 0. The van der Waals surface area contributed by atoms with Gasteiger partial charge in [-0.1, -0.05) is 189 Å². The maximum absolute atomic E-state index is 12.4. The predicted molar refractivity (Wildman–Crippen MR) is 244 cm³/mol. The first-order valence-electron chi connectivity index (χ1n) is 23.3. The van der Waals surface area contributed by atoms with E-state index in [1.165, 1.54) is 182 Å². The number of rotatable bonds is 45. The number of carbonyl (C=O) groups is 4. The third-order valence-corrected chi connectivity index (χ3v) is 13.1. The number of unbranched alkanes of at least 4 members (excludes halogenated alkanes) is 28. The predicted octanol–water partition coefficient (Wildman–Crippen LogP) is 10.8. The average Bonchev–Trinajstić information content (AvgIpc) is 3.17. The van der Waals surface area contributed by atoms with E-state index in [2.05, 4.69) is 34.9 Å². The molecular formula is C45H88N4O6S2. The van der Waals surface area contributed by atoms with Gasteiger partial charge < -0.3 is 31.1 Å². The first kappa shape index (κ1) is 55.5. The number of aliphatic carboxylic acids is 2. The lowest BCUT2D eigenvalue weighted by molar-refractivity contribution is -0.141. The number of amides is 2. The summed E-state index contributed by atoms with van der Waals surface area (Å²) in [6.45, 7) is 2.33. The Hall–Kier alpha value is -1.50. The lowest BCUT2D eigenvalue weighted by atomic mass is 10.0. The quantitative estimate of drug-likeness (QED) is 0.0296. The summed E-state index contributed by atoms with van der Waals surface area (Å²) in [6.07, 6.45) is 37.8. The van der Waals surface area contributed by atoms with Crippen LogP contribution in [0.1, 0.15) is 205 Å². The van der Waals surface area contributed by atoms with Gasteiger partial charge in [-0.3, -0.25) is 9.59 Å². The summed E-state index contributed by atoms with van der Waals surface area (Å²) in [5.41, 5.74) is 0. The van der Waals surface area contributed by atoms with E-state index in [4.69, 9.17) is 0 Å². The standard InChI is InChI=1S/C45H88N4O6S2/c1-46-36-32-28-24-20-16-12-8-4-6-10-14-18-22-26-30-34-42(50)47-40(44(52)53)38-56-57-39-41(45(54)55)48-43(51)35-31-27-23-19-15-11-7-5-9-13-17-21-25-29-33-37-49(2)3/h40-41,46H,4-39H2,1-3H3,(H,47,50)(H,48,51)(H,52,53)(H,54,55). The van der Waals surface area contributed by atoms with Crippen LogP contribution in [0.5, 0.6) is 0 Å². The number of carboxylic acids is 2. The molecule has 5 N–H and O–H groups in total. The Morgan fingerprint density at radius 1 is 0.439 bits per heavy atom. The van der Waals surface area contributed by atoms with Gasteiger partial charge in [0.15, 0.2) is 0 Å². The summed E-state index contributed by atoms with van der Waals surface area (Å²) in [5, 5.41) is 27.7. The SMILES string of the molecule is CNCCCCCCCCCCCCCCCCCC(=O)NC(CSSCC(NC(=O)CCCCCCCCCCCCCCCCCN(C)C)C(=O)O)C(=O)O. The fraction of sp³-hybridized carbons (Fsp3) is 0.911. The van der Waals surface area contributed by atoms with Crippen molar-refractivity contribution in [3.63, 3.8) is 0 Å². The van der Waals surface area contributed by atoms with E-state index in [-0.39, 0.29) is 23.3 Å². The Morgan fingerprint density at radius 3 is 0.965 bits per heavy atom. The van der Waals surface area contributed by atoms with Crippen molar-refractivity contribution in [3.8, 4) is 0 Å². The number of nitrogens with one attached hydrogen (secondary N) is 3. The minimum atomic E-state index is -1.11. The lowest BCUT2D eigenvalue weighted by Crippen LogP contribution is -2.43. The van der Waals surface area contributed by atoms with Crippen molar-refractivity contribution in [2.45, 2.75) is 218 Å². The Morgan fingerprint density at radius 2 is 0.702 bits per heavy atom. The van der Waals surface area contributed by atoms with Gasteiger partial charge in [0.05, 0.1) is 0 Å². The molecular weight excluding hydrogens is 757 g/mol. The molecule has 2 amide bonds. The molecule has 0 bridgehead atoms. The van der Waals surface area contributed by atoms with E-state index in [1.807, 2.05) is 7.05 Å². The largest absolute Gasteiger partial charge is 0.480 e. The van der Waals surface area contributed by atoms with Crippen molar-refractivity contribution in [2.24, 2.45) is 0 Å².